The SMILES string of the molecule is CCC(C)(C)c1ccc(OCCCNC(=O)c2c(Oc3ccc([N+](=O)[O-])cc3CNC(=O)C(F)(F)F)c(OC)cc3c2C2CCC3C2O)c(C(C)(C)CC)c1. The molecule has 3 unspecified atom stereocenters. The number of methoxy groups -OCH3 is 1. The first kappa shape index (κ1) is 41.3. The second-order valence-corrected chi connectivity index (χ2v) is 15.5. The van der Waals surface area contributed by atoms with Crippen LogP contribution in [-0.4, -0.2) is 54.4 Å². The van der Waals surface area contributed by atoms with Gasteiger partial charge in [-0.25, -0.2) is 0 Å². The number of halogens is 3. The molecular weight excluding hydrogens is 719 g/mol. The summed E-state index contributed by atoms with van der Waals surface area (Å²) in [4.78, 5) is 36.7. The van der Waals surface area contributed by atoms with Crippen molar-refractivity contribution in [2.24, 2.45) is 0 Å². The van der Waals surface area contributed by atoms with Crippen LogP contribution in [0.15, 0.2) is 42.5 Å². The summed E-state index contributed by atoms with van der Waals surface area (Å²) < 4.78 is 57.3. The van der Waals surface area contributed by atoms with E-state index < -0.39 is 41.3 Å². The third-order valence-electron chi connectivity index (χ3n) is 11.4. The Kier molecular flexibility index (Phi) is 12.1. The highest BCUT2D eigenvalue weighted by Gasteiger charge is 2.49. The molecule has 3 N–H and O–H groups in total. The molecule has 55 heavy (non-hydrogen) atoms. The Bertz CT molecular complexity index is 1940. The van der Waals surface area contributed by atoms with E-state index in [9.17, 15) is 38.0 Å². The Morgan fingerprint density at radius 2 is 1.60 bits per heavy atom. The van der Waals surface area contributed by atoms with Crippen LogP contribution in [0.1, 0.15) is 124 Å². The Balaban J connectivity index is 1.42. The molecule has 0 aromatic heterocycles. The summed E-state index contributed by atoms with van der Waals surface area (Å²) in [6.45, 7) is 12.9. The van der Waals surface area contributed by atoms with Crippen molar-refractivity contribution >= 4 is 17.5 Å². The lowest BCUT2D eigenvalue weighted by atomic mass is 9.76. The summed E-state index contributed by atoms with van der Waals surface area (Å²) in [5, 5.41) is 27.3. The molecule has 11 nitrogen and oxygen atoms in total. The molecule has 5 rings (SSSR count). The highest BCUT2D eigenvalue weighted by atomic mass is 19.4. The van der Waals surface area contributed by atoms with Gasteiger partial charge in [-0.3, -0.25) is 19.7 Å². The van der Waals surface area contributed by atoms with Gasteiger partial charge in [-0.1, -0.05) is 53.7 Å². The fourth-order valence-corrected chi connectivity index (χ4v) is 7.34. The van der Waals surface area contributed by atoms with Gasteiger partial charge in [0.25, 0.3) is 11.6 Å². The van der Waals surface area contributed by atoms with E-state index in [1.54, 1.807) is 11.4 Å². The van der Waals surface area contributed by atoms with Crippen LogP contribution in [0, 0.1) is 10.1 Å². The number of nitrogens with zero attached hydrogens (tertiary/aromatic N) is 1. The van der Waals surface area contributed by atoms with Gasteiger partial charge in [-0.15, -0.1) is 0 Å². The van der Waals surface area contributed by atoms with Gasteiger partial charge in [0, 0.05) is 48.2 Å². The molecule has 1 fully saturated rings. The number of hydrogen-bond acceptors (Lipinski definition) is 8. The van der Waals surface area contributed by atoms with Gasteiger partial charge in [0.15, 0.2) is 11.5 Å². The van der Waals surface area contributed by atoms with Crippen molar-refractivity contribution in [3.05, 3.63) is 86.0 Å². The third-order valence-corrected chi connectivity index (χ3v) is 11.4. The van der Waals surface area contributed by atoms with E-state index in [2.05, 4.69) is 59.0 Å². The number of hydrogen-bond donors (Lipinski definition) is 3. The maximum absolute atomic E-state index is 14.2. The van der Waals surface area contributed by atoms with E-state index in [-0.39, 0.29) is 57.6 Å². The first-order valence-electron chi connectivity index (χ1n) is 18.6. The molecule has 0 heterocycles. The average Bonchev–Trinajstić information content (AvgIpc) is 3.64. The predicted molar refractivity (Wildman–Crippen MR) is 200 cm³/mol. The number of nitro groups is 1. The number of non-ortho nitro benzene ring substituents is 1. The second kappa shape index (κ2) is 16.1. The van der Waals surface area contributed by atoms with E-state index in [1.165, 1.54) is 18.7 Å². The molecule has 0 aliphatic heterocycles. The van der Waals surface area contributed by atoms with E-state index in [0.717, 1.165) is 41.9 Å². The Hall–Kier alpha value is -4.85. The van der Waals surface area contributed by atoms with Crippen LogP contribution in [0.5, 0.6) is 23.0 Å². The second-order valence-electron chi connectivity index (χ2n) is 15.5. The Morgan fingerprint density at radius 3 is 2.24 bits per heavy atom. The fraction of sp³-hybridized carbons (Fsp3) is 0.512. The molecule has 298 valence electrons. The summed E-state index contributed by atoms with van der Waals surface area (Å²) in [6.07, 6.45) is -2.26. The molecule has 3 aromatic carbocycles. The van der Waals surface area contributed by atoms with Crippen LogP contribution in [0.2, 0.25) is 0 Å². The van der Waals surface area contributed by atoms with Crippen LogP contribution < -0.4 is 24.8 Å². The molecule has 1 saturated carbocycles. The van der Waals surface area contributed by atoms with Gasteiger partial charge in [0.1, 0.15) is 11.5 Å². The topological polar surface area (TPSA) is 149 Å². The first-order valence-corrected chi connectivity index (χ1v) is 18.6. The van der Waals surface area contributed by atoms with Gasteiger partial charge in [-0.05, 0) is 77.8 Å². The quantitative estimate of drug-likeness (QED) is 0.0747. The molecule has 0 radical (unpaired) electrons. The van der Waals surface area contributed by atoms with Gasteiger partial charge >= 0.3 is 12.1 Å². The summed E-state index contributed by atoms with van der Waals surface area (Å²) in [5.74, 6) is -2.69. The highest BCUT2D eigenvalue weighted by molar-refractivity contribution is 6.00. The molecule has 2 amide bonds. The number of aliphatic hydroxyl groups is 1. The van der Waals surface area contributed by atoms with Crippen molar-refractivity contribution in [3.63, 3.8) is 0 Å². The number of carbonyl (C=O) groups excluding carboxylic acids is 2. The van der Waals surface area contributed by atoms with Crippen molar-refractivity contribution in [2.45, 2.75) is 115 Å². The fourth-order valence-electron chi connectivity index (χ4n) is 7.34. The number of fused-ring (bicyclic) bond motifs is 5. The number of alkyl halides is 3. The summed E-state index contributed by atoms with van der Waals surface area (Å²) in [7, 11) is 1.36. The summed E-state index contributed by atoms with van der Waals surface area (Å²) in [6, 6.07) is 11.3. The zero-order valence-electron chi connectivity index (χ0n) is 32.3. The van der Waals surface area contributed by atoms with Gasteiger partial charge in [0.2, 0.25) is 0 Å². The molecule has 3 atom stereocenters. The largest absolute Gasteiger partial charge is 0.493 e. The minimum atomic E-state index is -5.19. The van der Waals surface area contributed by atoms with Crippen LogP contribution >= 0.6 is 0 Å². The van der Waals surface area contributed by atoms with Crippen LogP contribution in [0.4, 0.5) is 18.9 Å². The van der Waals surface area contributed by atoms with E-state index in [4.69, 9.17) is 14.2 Å². The molecule has 2 aliphatic carbocycles. The number of benzene rings is 3. The number of nitro benzene ring substituents is 1. The van der Waals surface area contributed by atoms with Crippen molar-refractivity contribution in [1.82, 2.24) is 10.6 Å². The molecule has 2 bridgehead atoms. The monoisotopic (exact) mass is 769 g/mol. The van der Waals surface area contributed by atoms with Crippen LogP contribution in [0.25, 0.3) is 0 Å². The molecule has 3 aromatic rings. The Morgan fingerprint density at radius 1 is 0.927 bits per heavy atom. The first-order chi connectivity index (χ1) is 25.8. The van der Waals surface area contributed by atoms with E-state index >= 15 is 0 Å². The number of nitrogens with one attached hydrogen (secondary N) is 2. The van der Waals surface area contributed by atoms with Gasteiger partial charge < -0.3 is 30.0 Å². The minimum Gasteiger partial charge on any atom is -0.493 e. The number of aliphatic hydroxyl groups excluding tert-OH is 1. The highest BCUT2D eigenvalue weighted by Crippen LogP contribution is 2.58. The van der Waals surface area contributed by atoms with Crippen molar-refractivity contribution in [1.29, 1.82) is 0 Å². The van der Waals surface area contributed by atoms with Crippen LogP contribution in [0.3, 0.4) is 0 Å². The molecule has 0 saturated heterocycles. The van der Waals surface area contributed by atoms with Crippen molar-refractivity contribution < 1.29 is 47.0 Å². The molecule has 2 aliphatic rings. The summed E-state index contributed by atoms with van der Waals surface area (Å²) in [5.41, 5.74) is 3.04. The van der Waals surface area contributed by atoms with Crippen molar-refractivity contribution in [3.8, 4) is 23.0 Å². The zero-order chi connectivity index (χ0) is 40.5. The lowest BCUT2D eigenvalue weighted by Crippen LogP contribution is -2.36. The molecule has 14 heteroatoms. The summed E-state index contributed by atoms with van der Waals surface area (Å²) >= 11 is 0. The lowest BCUT2D eigenvalue weighted by Gasteiger charge is -2.30. The molecular formula is C41H50F3N3O8. The number of ether oxygens (including phenoxy) is 3. The maximum Gasteiger partial charge on any atom is 0.471 e. The number of carbonyl (C=O) groups is 2. The van der Waals surface area contributed by atoms with E-state index in [0.29, 0.717) is 31.4 Å². The standard InChI is InChI=1S/C41H50F3N3O8/c1-8-39(3,4)24-11-15-31(29(20-24)40(5,6)9-2)54-18-10-17-45-37(49)34-33-27-14-13-26(35(27)48)28(33)21-32(53-7)36(34)55-30-16-12-25(47(51)52)19-23(30)22-46-38(50)41(42,43)44/h11-12,15-16,19-21,26-27,35,48H,8-10,13-14,17-18,22H2,1-7H3,(H,45,49)(H,46,50). The average molecular weight is 770 g/mol. The van der Waals surface area contributed by atoms with Crippen LogP contribution in [-0.2, 0) is 22.2 Å². The van der Waals surface area contributed by atoms with Gasteiger partial charge in [0.05, 0.1) is 30.3 Å². The van der Waals surface area contributed by atoms with E-state index in [1.807, 2.05) is 6.07 Å². The number of rotatable bonds is 16. The Labute approximate surface area is 319 Å². The van der Waals surface area contributed by atoms with Crippen molar-refractivity contribution in [2.75, 3.05) is 20.3 Å². The molecule has 0 spiro atoms. The third kappa shape index (κ3) is 8.53. The zero-order valence-corrected chi connectivity index (χ0v) is 32.3. The predicted octanol–water partition coefficient (Wildman–Crippen LogP) is 8.48. The lowest BCUT2D eigenvalue weighted by molar-refractivity contribution is -0.384. The number of amides is 2. The van der Waals surface area contributed by atoms with Gasteiger partial charge in [-0.2, -0.15) is 13.2 Å². The normalized spacial score (nSPS) is 17.8. The smallest absolute Gasteiger partial charge is 0.471 e. The minimum absolute atomic E-state index is 0.00285. The maximum atomic E-state index is 14.2.